The number of ether oxygens (including phenoxy) is 1. The number of aromatic nitrogens is 4. The number of nitrogen functional groups attached to an aromatic ring is 1. The highest BCUT2D eigenvalue weighted by atomic mass is 32.2. The predicted octanol–water partition coefficient (Wildman–Crippen LogP) is 8.60. The standard InChI is InChI=1S/C49H88N7O17P3S/c1-4-5-6-7-8-9-10-11-12-13-14-15-16-17-18-19-20-21-22-23-24-25-26-27-28-29-40(58)77-33-32-51-39(57)30-31-52-47(61)44(60)49(2,3)35-70-76(67,68)73-75(65,66)69-34-38-43(72-74(62,63)64)42(59)48(71-38)56-37-55-41-45(50)53-36-54-46(41)56/h28-29,36-38,42-44,48,59-60H,4-27,30-35H2,1-3H3,(H,51,57)(H,52,61)(H,65,66)(H,67,68)(H2,50,53,54)(H2,62,63,64)/b29-28+/t38-,42-,43-,44+,48-/m1/s1. The Morgan fingerprint density at radius 1 is 0.792 bits per heavy atom. The Morgan fingerprint density at radius 3 is 1.87 bits per heavy atom. The van der Waals surface area contributed by atoms with Crippen molar-refractivity contribution in [1.29, 1.82) is 0 Å². The summed E-state index contributed by atoms with van der Waals surface area (Å²) in [6.07, 6.45) is 28.3. The van der Waals surface area contributed by atoms with Gasteiger partial charge in [0.1, 0.15) is 36.3 Å². The summed E-state index contributed by atoms with van der Waals surface area (Å²) < 4.78 is 62.6. The molecule has 0 aromatic carbocycles. The fourth-order valence-corrected chi connectivity index (χ4v) is 12.0. The Bertz CT molecular complexity index is 2220. The van der Waals surface area contributed by atoms with Gasteiger partial charge in [0.25, 0.3) is 0 Å². The molecule has 1 aliphatic rings. The molecule has 10 N–H and O–H groups in total. The third-order valence-electron chi connectivity index (χ3n) is 13.0. The number of hydrogen-bond donors (Lipinski definition) is 9. The van der Waals surface area contributed by atoms with E-state index < -0.39 is 84.6 Å². The number of aliphatic hydroxyl groups excluding tert-OH is 2. The average molecular weight is 1170 g/mol. The molecule has 3 rings (SSSR count). The Labute approximate surface area is 458 Å². The van der Waals surface area contributed by atoms with Gasteiger partial charge < -0.3 is 50.9 Å². The second kappa shape index (κ2) is 36.6. The molecule has 2 amide bonds. The van der Waals surface area contributed by atoms with Crippen LogP contribution in [0.5, 0.6) is 0 Å². The van der Waals surface area contributed by atoms with Crippen molar-refractivity contribution in [2.24, 2.45) is 5.41 Å². The van der Waals surface area contributed by atoms with Crippen molar-refractivity contribution in [2.45, 2.75) is 212 Å². The van der Waals surface area contributed by atoms with E-state index in [9.17, 15) is 57.9 Å². The molecule has 77 heavy (non-hydrogen) atoms. The number of nitrogens with one attached hydrogen (secondary N) is 2. The second-order valence-corrected chi connectivity index (χ2v) is 25.5. The van der Waals surface area contributed by atoms with E-state index >= 15 is 0 Å². The number of aliphatic hydroxyl groups is 2. The van der Waals surface area contributed by atoms with Crippen LogP contribution in [-0.4, -0.2) is 123 Å². The van der Waals surface area contributed by atoms with E-state index in [2.05, 4.69) is 41.3 Å². The Kier molecular flexibility index (Phi) is 32.6. The van der Waals surface area contributed by atoms with Crippen LogP contribution in [-0.2, 0) is 50.7 Å². The van der Waals surface area contributed by atoms with Crippen LogP contribution in [0, 0.1) is 5.41 Å². The van der Waals surface area contributed by atoms with Crippen LogP contribution in [0.15, 0.2) is 24.8 Å². The highest BCUT2D eigenvalue weighted by molar-refractivity contribution is 8.14. The number of thioether (sulfide) groups is 1. The minimum atomic E-state index is -5.58. The number of unbranched alkanes of at least 4 members (excludes halogenated alkanes) is 23. The van der Waals surface area contributed by atoms with Gasteiger partial charge in [0.2, 0.25) is 16.9 Å². The fraction of sp³-hybridized carbons (Fsp3) is 0.796. The number of nitrogens with two attached hydrogens (primary N) is 1. The van der Waals surface area contributed by atoms with Gasteiger partial charge in [-0.05, 0) is 18.9 Å². The number of phosphoric acid groups is 3. The van der Waals surface area contributed by atoms with Gasteiger partial charge in [-0.2, -0.15) is 4.31 Å². The summed E-state index contributed by atoms with van der Waals surface area (Å²) in [5.74, 6) is -1.09. The van der Waals surface area contributed by atoms with E-state index in [0.717, 1.165) is 48.2 Å². The number of phosphoric ester groups is 3. The summed E-state index contributed by atoms with van der Waals surface area (Å²) in [6, 6.07) is 0. The van der Waals surface area contributed by atoms with Gasteiger partial charge in [0.15, 0.2) is 17.7 Å². The summed E-state index contributed by atoms with van der Waals surface area (Å²) in [6.45, 7) is 2.81. The maximum Gasteiger partial charge on any atom is 0.481 e. The summed E-state index contributed by atoms with van der Waals surface area (Å²) in [5.41, 5.74) is 4.29. The SMILES string of the molecule is CCCCCCCCCCCCCCCCCCCCCCCCC/C=C/C(=O)SCCNC(=O)CCNC(=O)[C@H](O)C(C)(C)COP(=O)(O)OP(=O)(O)OC[C@H]1O[C@@H](n2cnc3c(N)ncnc32)[C@H](O)[C@@H]1OP(=O)(O)O. The quantitative estimate of drug-likeness (QED) is 0.0170. The average Bonchev–Trinajstić information content (AvgIpc) is 3.96. The molecule has 3 heterocycles. The minimum absolute atomic E-state index is 0.0333. The molecule has 1 fully saturated rings. The van der Waals surface area contributed by atoms with Gasteiger partial charge in [-0.25, -0.2) is 28.6 Å². The molecule has 2 aromatic heterocycles. The number of nitrogens with zero attached hydrogens (tertiary/aromatic N) is 4. The molecule has 1 aliphatic heterocycles. The zero-order valence-corrected chi connectivity index (χ0v) is 48.7. The van der Waals surface area contributed by atoms with Gasteiger partial charge in [0.05, 0.1) is 19.5 Å². The largest absolute Gasteiger partial charge is 0.481 e. The lowest BCUT2D eigenvalue weighted by atomic mass is 9.87. The molecule has 1 saturated heterocycles. The molecule has 0 radical (unpaired) electrons. The van der Waals surface area contributed by atoms with Gasteiger partial charge in [-0.3, -0.25) is 32.5 Å². The molecule has 0 saturated carbocycles. The van der Waals surface area contributed by atoms with Crippen LogP contribution in [0.4, 0.5) is 5.82 Å². The van der Waals surface area contributed by atoms with Crippen molar-refractivity contribution < 1.29 is 80.5 Å². The first-order chi connectivity index (χ1) is 36.6. The summed E-state index contributed by atoms with van der Waals surface area (Å²) in [5, 5.41) is 26.5. The highest BCUT2D eigenvalue weighted by Gasteiger charge is 2.50. The second-order valence-electron chi connectivity index (χ2n) is 20.2. The van der Waals surface area contributed by atoms with Crippen LogP contribution < -0.4 is 16.4 Å². The molecule has 28 heteroatoms. The summed E-state index contributed by atoms with van der Waals surface area (Å²) in [4.78, 5) is 88.6. The Balaban J connectivity index is 1.19. The summed E-state index contributed by atoms with van der Waals surface area (Å²) >= 11 is 1.08. The van der Waals surface area contributed by atoms with E-state index in [0.29, 0.717) is 5.75 Å². The number of hydrogen-bond acceptors (Lipinski definition) is 18. The lowest BCUT2D eigenvalue weighted by Crippen LogP contribution is -2.46. The van der Waals surface area contributed by atoms with Crippen LogP contribution >= 0.6 is 35.2 Å². The smallest absolute Gasteiger partial charge is 0.386 e. The Hall–Kier alpha value is -2.70. The third-order valence-corrected chi connectivity index (χ3v) is 16.9. The number of amides is 2. The number of allylic oxidation sites excluding steroid dienone is 1. The van der Waals surface area contributed by atoms with Crippen LogP contribution in [0.3, 0.4) is 0 Å². The third kappa shape index (κ3) is 28.5. The first kappa shape index (κ1) is 68.6. The van der Waals surface area contributed by atoms with Crippen molar-refractivity contribution >= 4 is 69.1 Å². The van der Waals surface area contributed by atoms with Gasteiger partial charge in [0, 0.05) is 30.7 Å². The van der Waals surface area contributed by atoms with Crippen molar-refractivity contribution in [1.82, 2.24) is 30.2 Å². The highest BCUT2D eigenvalue weighted by Crippen LogP contribution is 2.61. The first-order valence-corrected chi connectivity index (χ1v) is 32.8. The Morgan fingerprint density at radius 2 is 1.32 bits per heavy atom. The molecular weight excluding hydrogens is 1080 g/mol. The van der Waals surface area contributed by atoms with E-state index in [1.54, 1.807) is 6.08 Å². The number of carbonyl (C=O) groups is 3. The maximum atomic E-state index is 12.8. The molecule has 2 aromatic rings. The number of imidazole rings is 1. The van der Waals surface area contributed by atoms with E-state index in [4.69, 9.17) is 19.5 Å². The van der Waals surface area contributed by atoms with Crippen molar-refractivity contribution in [3.05, 3.63) is 24.8 Å². The van der Waals surface area contributed by atoms with Gasteiger partial charge in [-0.15, -0.1) is 0 Å². The van der Waals surface area contributed by atoms with E-state index in [-0.39, 0.29) is 41.6 Å². The van der Waals surface area contributed by atoms with E-state index in [1.165, 1.54) is 149 Å². The number of anilines is 1. The van der Waals surface area contributed by atoms with Crippen LogP contribution in [0.25, 0.3) is 11.2 Å². The predicted molar refractivity (Wildman–Crippen MR) is 293 cm³/mol. The normalized spacial score (nSPS) is 19.1. The van der Waals surface area contributed by atoms with Gasteiger partial charge >= 0.3 is 23.5 Å². The lowest BCUT2D eigenvalue weighted by Gasteiger charge is -2.30. The topological polar surface area (TPSA) is 364 Å². The zero-order chi connectivity index (χ0) is 56.7. The van der Waals surface area contributed by atoms with Crippen LogP contribution in [0.1, 0.15) is 188 Å². The molecule has 442 valence electrons. The molecule has 2 unspecified atom stereocenters. The molecule has 0 bridgehead atoms. The molecule has 24 nitrogen and oxygen atoms in total. The van der Waals surface area contributed by atoms with Crippen molar-refractivity contribution in [2.75, 3.05) is 37.8 Å². The van der Waals surface area contributed by atoms with E-state index in [1.807, 2.05) is 6.08 Å². The zero-order valence-electron chi connectivity index (χ0n) is 45.2. The number of fused-ring (bicyclic) bond motifs is 1. The van der Waals surface area contributed by atoms with Crippen molar-refractivity contribution in [3.63, 3.8) is 0 Å². The maximum absolute atomic E-state index is 12.8. The molecular formula is C49H88N7O17P3S. The monoisotopic (exact) mass is 1170 g/mol. The molecule has 0 spiro atoms. The number of carbonyl (C=O) groups excluding carboxylic acids is 3. The molecule has 0 aliphatic carbocycles. The van der Waals surface area contributed by atoms with Crippen LogP contribution in [0.2, 0.25) is 0 Å². The first-order valence-electron chi connectivity index (χ1n) is 27.3. The molecule has 7 atom stereocenters. The number of rotatable bonds is 44. The van der Waals surface area contributed by atoms with Gasteiger partial charge in [-0.1, -0.05) is 180 Å². The fourth-order valence-electron chi connectivity index (χ4n) is 8.56. The summed E-state index contributed by atoms with van der Waals surface area (Å²) in [7, 11) is -16.4. The minimum Gasteiger partial charge on any atom is -0.386 e. The lowest BCUT2D eigenvalue weighted by molar-refractivity contribution is -0.137. The van der Waals surface area contributed by atoms with Crippen molar-refractivity contribution in [3.8, 4) is 0 Å².